The number of imide groups is 1. The van der Waals surface area contributed by atoms with E-state index in [1.54, 1.807) is 85.8 Å². The smallest absolute Gasteiger partial charge is 0.327 e. The van der Waals surface area contributed by atoms with E-state index < -0.39 is 53.0 Å². The van der Waals surface area contributed by atoms with Gasteiger partial charge >= 0.3 is 5.97 Å². The van der Waals surface area contributed by atoms with Crippen molar-refractivity contribution in [1.82, 2.24) is 30.7 Å². The van der Waals surface area contributed by atoms with Crippen LogP contribution in [0, 0.1) is 5.92 Å². The summed E-state index contributed by atoms with van der Waals surface area (Å²) in [5.74, 6) is -2.50. The number of unbranched alkanes of at least 4 members (excludes halogenated alkanes) is 2. The first-order valence-electron chi connectivity index (χ1n) is 29.7. The van der Waals surface area contributed by atoms with Crippen LogP contribution < -0.4 is 45.0 Å². The zero-order valence-corrected chi connectivity index (χ0v) is 51.9. The molecule has 474 valence electrons. The van der Waals surface area contributed by atoms with E-state index >= 15 is 0 Å². The number of thioether (sulfide) groups is 1. The van der Waals surface area contributed by atoms with Crippen LogP contribution in [-0.2, 0) is 33.6 Å². The molecular weight excluding hydrogens is 1180 g/mol. The summed E-state index contributed by atoms with van der Waals surface area (Å²) in [6, 6.07) is 17.8. The maximum Gasteiger partial charge on any atom is 0.327 e. The minimum atomic E-state index is -1.24. The fourth-order valence-corrected chi connectivity index (χ4v) is 12.1. The first kappa shape index (κ1) is 64.9. The molecule has 4 aromatic carbocycles. The Morgan fingerprint density at radius 2 is 1.21 bits per heavy atom. The summed E-state index contributed by atoms with van der Waals surface area (Å²) in [6.07, 6.45) is 10.1. The van der Waals surface area contributed by atoms with Gasteiger partial charge in [-0.2, -0.15) is 0 Å². The predicted molar refractivity (Wildman–Crippen MR) is 337 cm³/mol. The maximum absolute atomic E-state index is 14.2. The molecule has 5 aliphatic rings. The molecule has 0 radical (unpaired) electrons. The Bertz CT molecular complexity index is 3570. The van der Waals surface area contributed by atoms with E-state index in [9.17, 15) is 48.3 Å². The normalized spacial score (nSPS) is 18.2. The van der Waals surface area contributed by atoms with Crippen molar-refractivity contribution in [2.75, 3.05) is 52.2 Å². The maximum atomic E-state index is 14.2. The van der Waals surface area contributed by atoms with E-state index in [1.165, 1.54) is 28.1 Å². The number of aliphatic carboxylic acids is 1. The molecule has 0 saturated carbocycles. The lowest BCUT2D eigenvalue weighted by Gasteiger charge is -2.24. The molecule has 0 aromatic heterocycles. The SMILES string of the molecule is COc1ccc(C2=CN3C(=O)c4cc(OC)c(OCCCOc5cc6c(cc5OC)C(=O)N5C=C(c7ccc(NC(=O)[C@H](C)NC(=O)[C@@H](NC(=O)CCCCCN8C(=O)CC(SC[C@H](NC(C)=O)C(=O)O)C8=O)C(C)C)cc7)C[C@H]5C=N6)cc4N=C[C@@H]3C2)cc1. The van der Waals surface area contributed by atoms with Gasteiger partial charge in [0, 0.05) is 94.0 Å². The quantitative estimate of drug-likeness (QED) is 0.0280. The molecule has 0 aliphatic carbocycles. The Balaban J connectivity index is 0.707. The second-order valence-electron chi connectivity index (χ2n) is 22.6. The molecule has 8 amide bonds. The summed E-state index contributed by atoms with van der Waals surface area (Å²) in [5, 5.41) is 19.2. The lowest BCUT2D eigenvalue weighted by molar-refractivity contribution is -0.141. The van der Waals surface area contributed by atoms with Gasteiger partial charge in [-0.15, -0.1) is 11.8 Å². The van der Waals surface area contributed by atoms with Crippen LogP contribution in [-0.4, -0.2) is 168 Å². The van der Waals surface area contributed by atoms with Gasteiger partial charge in [0.05, 0.1) is 74.4 Å². The van der Waals surface area contributed by atoms with Gasteiger partial charge in [-0.3, -0.25) is 53.2 Å². The van der Waals surface area contributed by atoms with Crippen LogP contribution in [0.4, 0.5) is 17.1 Å². The highest BCUT2D eigenvalue weighted by Gasteiger charge is 2.40. The topological polar surface area (TPSA) is 303 Å². The number of likely N-dealkylation sites (tertiary alicyclic amines) is 1. The number of fused-ring (bicyclic) bond motifs is 4. The van der Waals surface area contributed by atoms with Gasteiger partial charge < -0.3 is 59.9 Å². The van der Waals surface area contributed by atoms with Gasteiger partial charge in [0.2, 0.25) is 35.4 Å². The Kier molecular flexibility index (Phi) is 21.1. The van der Waals surface area contributed by atoms with Gasteiger partial charge in [-0.05, 0) is 84.4 Å². The van der Waals surface area contributed by atoms with Crippen molar-refractivity contribution >= 4 is 106 Å². The number of aliphatic imine (C=N–C) groups is 2. The number of hydrogen-bond donors (Lipinski definition) is 5. The van der Waals surface area contributed by atoms with Crippen LogP contribution in [0.3, 0.4) is 0 Å². The number of benzene rings is 4. The average Bonchev–Trinajstić information content (AvgIpc) is 1.67. The predicted octanol–water partition coefficient (Wildman–Crippen LogP) is 7.10. The van der Waals surface area contributed by atoms with E-state index in [1.807, 2.05) is 42.6 Å². The molecule has 24 nitrogen and oxygen atoms in total. The van der Waals surface area contributed by atoms with Crippen LogP contribution in [0.5, 0.6) is 28.7 Å². The minimum Gasteiger partial charge on any atom is -0.497 e. The molecule has 9 rings (SSSR count). The van der Waals surface area contributed by atoms with E-state index in [-0.39, 0.29) is 80.0 Å². The number of hydrogen-bond acceptors (Lipinski definition) is 17. The number of rotatable bonds is 28. The fraction of sp³-hybridized carbons (Fsp3) is 0.400. The van der Waals surface area contributed by atoms with E-state index in [2.05, 4.69) is 21.3 Å². The average molecular weight is 1250 g/mol. The number of carboxylic acids is 1. The van der Waals surface area contributed by atoms with Crippen LogP contribution >= 0.6 is 11.8 Å². The van der Waals surface area contributed by atoms with Crippen molar-refractivity contribution in [2.24, 2.45) is 15.9 Å². The Hall–Kier alpha value is -9.52. The molecule has 6 atom stereocenters. The van der Waals surface area contributed by atoms with Gasteiger partial charge in [-0.25, -0.2) is 4.79 Å². The molecule has 90 heavy (non-hydrogen) atoms. The first-order chi connectivity index (χ1) is 43.2. The first-order valence-corrected chi connectivity index (χ1v) is 30.7. The van der Waals surface area contributed by atoms with Crippen LogP contribution in [0.1, 0.15) is 111 Å². The molecule has 1 saturated heterocycles. The van der Waals surface area contributed by atoms with E-state index in [0.717, 1.165) is 44.7 Å². The van der Waals surface area contributed by atoms with E-state index in [0.29, 0.717) is 89.7 Å². The van der Waals surface area contributed by atoms with Crippen molar-refractivity contribution < 1.29 is 71.9 Å². The summed E-state index contributed by atoms with van der Waals surface area (Å²) >= 11 is 1.01. The molecule has 25 heteroatoms. The summed E-state index contributed by atoms with van der Waals surface area (Å²) < 4.78 is 29.0. The van der Waals surface area contributed by atoms with Crippen molar-refractivity contribution in [3.05, 3.63) is 107 Å². The van der Waals surface area contributed by atoms with Crippen molar-refractivity contribution in [2.45, 2.75) is 115 Å². The Labute approximate surface area is 524 Å². The second-order valence-corrected chi connectivity index (χ2v) is 23.8. The third-order valence-corrected chi connectivity index (χ3v) is 17.2. The lowest BCUT2D eigenvalue weighted by atomic mass is 10.0. The molecule has 5 N–H and O–H groups in total. The number of nitrogens with zero attached hydrogens (tertiary/aromatic N) is 5. The van der Waals surface area contributed by atoms with Crippen LogP contribution in [0.15, 0.2) is 95.2 Å². The second kappa shape index (κ2) is 29.2. The number of carboxylic acid groups (broad SMARTS) is 1. The lowest BCUT2D eigenvalue weighted by Crippen LogP contribution is -2.53. The summed E-state index contributed by atoms with van der Waals surface area (Å²) in [4.78, 5) is 130. The molecule has 0 bridgehead atoms. The Morgan fingerprint density at radius 3 is 1.72 bits per heavy atom. The fourth-order valence-electron chi connectivity index (χ4n) is 10.9. The molecule has 5 heterocycles. The monoisotopic (exact) mass is 1250 g/mol. The summed E-state index contributed by atoms with van der Waals surface area (Å²) in [6.45, 7) is 6.89. The number of carbonyl (C=O) groups excluding carboxylic acids is 8. The van der Waals surface area contributed by atoms with Gasteiger partial charge in [0.25, 0.3) is 11.8 Å². The molecule has 1 fully saturated rings. The van der Waals surface area contributed by atoms with Crippen LogP contribution in [0.25, 0.3) is 11.1 Å². The molecule has 5 aliphatic heterocycles. The highest BCUT2D eigenvalue weighted by molar-refractivity contribution is 8.00. The van der Waals surface area contributed by atoms with Gasteiger partial charge in [-0.1, -0.05) is 44.5 Å². The largest absolute Gasteiger partial charge is 0.497 e. The summed E-state index contributed by atoms with van der Waals surface area (Å²) in [7, 11) is 4.63. The number of ether oxygens (including phenoxy) is 5. The van der Waals surface area contributed by atoms with Crippen LogP contribution in [0.2, 0.25) is 0 Å². The molecular formula is C65H73N9O15S. The summed E-state index contributed by atoms with van der Waals surface area (Å²) in [5.41, 5.74) is 5.81. The zero-order chi connectivity index (χ0) is 64.3. The van der Waals surface area contributed by atoms with E-state index in [4.69, 9.17) is 33.7 Å². The number of nitrogens with one attached hydrogen (secondary N) is 4. The molecule has 0 spiro atoms. The van der Waals surface area contributed by atoms with Crippen molar-refractivity contribution in [1.29, 1.82) is 0 Å². The number of carbonyl (C=O) groups is 9. The van der Waals surface area contributed by atoms with Gasteiger partial charge in [0.1, 0.15) is 23.9 Å². The third-order valence-electron chi connectivity index (χ3n) is 15.9. The number of anilines is 1. The van der Waals surface area contributed by atoms with Gasteiger partial charge in [0.15, 0.2) is 23.0 Å². The third kappa shape index (κ3) is 15.3. The molecule has 4 aromatic rings. The number of amides is 8. The van der Waals surface area contributed by atoms with Crippen molar-refractivity contribution in [3.8, 4) is 28.7 Å². The zero-order valence-electron chi connectivity index (χ0n) is 51.1. The molecule has 1 unspecified atom stereocenters. The Morgan fingerprint density at radius 1 is 0.656 bits per heavy atom. The van der Waals surface area contributed by atoms with Crippen molar-refractivity contribution in [3.63, 3.8) is 0 Å². The number of methoxy groups -OCH3 is 3. The highest BCUT2D eigenvalue weighted by Crippen LogP contribution is 2.42. The highest BCUT2D eigenvalue weighted by atomic mass is 32.2. The minimum absolute atomic E-state index is 0.0729. The standard InChI is InChI=1S/C65H73N9O15S/c1-36(2)59(71-57(76)12-9-8-10-21-72-58(77)30-56(64(72)82)90-35-51(65(83)84)69-38(4)75)61(79)68-37(3)60(78)70-43-17-13-39(14-18-43)41-24-44-31-66-49-28-54(52(86-6)26-47(49)62(80)73(44)33-41)88-22-11-23-89-55-29-50-48(27-53(55)87-7)63(81)74-34-42(25-45(74)32-67-50)40-15-19-46(85-5)20-16-40/h13-20,26-29,31-34,36-37,44-45,51,56,59H,8-12,21-25,30,35H2,1-7H3,(H,68,79)(H,69,75)(H,70,78)(H,71,76)(H,83,84)/t37-,44-,45-,51-,56?,59-/m0/s1.